The maximum atomic E-state index is 11.2. The van der Waals surface area contributed by atoms with E-state index in [2.05, 4.69) is 10.5 Å². The molecule has 1 rings (SSSR count). The molecule has 5 atom stereocenters. The average molecular weight is 322 g/mol. The molecule has 4 N–H and O–H groups in total. The Morgan fingerprint density at radius 3 is 2.59 bits per heavy atom. The monoisotopic (exact) mass is 322 g/mol. The molecule has 5 unspecified atom stereocenters. The summed E-state index contributed by atoms with van der Waals surface area (Å²) in [7, 11) is 0. The Labute approximate surface area is 127 Å². The fourth-order valence-electron chi connectivity index (χ4n) is 2.04. The first-order valence-electron chi connectivity index (χ1n) is 6.89. The lowest BCUT2D eigenvalue weighted by Gasteiger charge is -2.42. The summed E-state index contributed by atoms with van der Waals surface area (Å²) in [6, 6.07) is -0.980. The van der Waals surface area contributed by atoms with Crippen LogP contribution in [0.25, 0.3) is 0 Å². The Morgan fingerprint density at radius 2 is 2.00 bits per heavy atom. The third-order valence-corrected chi connectivity index (χ3v) is 3.09. The zero-order valence-electron chi connectivity index (χ0n) is 12.3. The predicted molar refractivity (Wildman–Crippen MR) is 72.8 cm³/mol. The van der Waals surface area contributed by atoms with Crippen LogP contribution in [0.2, 0.25) is 0 Å². The SMILES string of the molecule is CC(=O)NC1C(OCCOCCN=O)OC(CO)C(O)C1O. The molecular weight excluding hydrogens is 300 g/mol. The lowest BCUT2D eigenvalue weighted by atomic mass is 9.97. The molecule has 1 saturated heterocycles. The molecule has 0 radical (unpaired) electrons. The highest BCUT2D eigenvalue weighted by atomic mass is 16.7. The second-order valence-corrected chi connectivity index (χ2v) is 4.77. The van der Waals surface area contributed by atoms with Crippen molar-refractivity contribution in [3.8, 4) is 0 Å². The molecule has 128 valence electrons. The smallest absolute Gasteiger partial charge is 0.217 e. The van der Waals surface area contributed by atoms with Crippen molar-refractivity contribution in [2.24, 2.45) is 5.18 Å². The molecule has 1 aliphatic rings. The van der Waals surface area contributed by atoms with Crippen LogP contribution in [0.15, 0.2) is 5.18 Å². The van der Waals surface area contributed by atoms with Crippen LogP contribution in [-0.2, 0) is 19.0 Å². The number of carbonyl (C=O) groups excluding carboxylic acids is 1. The van der Waals surface area contributed by atoms with E-state index < -0.39 is 43.2 Å². The maximum Gasteiger partial charge on any atom is 0.217 e. The number of amides is 1. The Kier molecular flexibility index (Phi) is 8.38. The molecule has 0 spiro atoms. The highest BCUT2D eigenvalue weighted by molar-refractivity contribution is 5.73. The lowest BCUT2D eigenvalue weighted by Crippen LogP contribution is -2.64. The largest absolute Gasteiger partial charge is 0.394 e. The molecule has 1 amide bonds. The van der Waals surface area contributed by atoms with Crippen LogP contribution in [0.5, 0.6) is 0 Å². The van der Waals surface area contributed by atoms with Crippen molar-refractivity contribution in [2.45, 2.75) is 37.6 Å². The summed E-state index contributed by atoms with van der Waals surface area (Å²) < 4.78 is 15.8. The second-order valence-electron chi connectivity index (χ2n) is 4.77. The highest BCUT2D eigenvalue weighted by Crippen LogP contribution is 2.22. The van der Waals surface area contributed by atoms with E-state index in [-0.39, 0.29) is 26.4 Å². The van der Waals surface area contributed by atoms with Crippen molar-refractivity contribution < 1.29 is 34.3 Å². The first kappa shape index (κ1) is 18.9. The summed E-state index contributed by atoms with van der Waals surface area (Å²) in [5, 5.41) is 34.0. The standard InChI is InChI=1S/C12H22N2O8/c1-7(16)14-9-11(18)10(17)8(6-15)22-12(9)21-5-4-20-3-2-13-19/h8-12,15,17-18H,2-6H2,1H3,(H,14,16). The molecule has 0 aromatic rings. The number of hydrogen-bond acceptors (Lipinski definition) is 9. The third kappa shape index (κ3) is 5.55. The van der Waals surface area contributed by atoms with Gasteiger partial charge in [0.25, 0.3) is 0 Å². The van der Waals surface area contributed by atoms with Crippen molar-refractivity contribution in [3.05, 3.63) is 4.91 Å². The summed E-state index contributed by atoms with van der Waals surface area (Å²) in [6.45, 7) is 1.17. The van der Waals surface area contributed by atoms with Crippen LogP contribution >= 0.6 is 0 Å². The van der Waals surface area contributed by atoms with E-state index in [0.29, 0.717) is 0 Å². The van der Waals surface area contributed by atoms with E-state index in [1.54, 1.807) is 0 Å². The first-order valence-corrected chi connectivity index (χ1v) is 6.89. The molecule has 10 nitrogen and oxygen atoms in total. The molecule has 1 fully saturated rings. The van der Waals surface area contributed by atoms with Gasteiger partial charge in [0, 0.05) is 6.92 Å². The van der Waals surface area contributed by atoms with E-state index in [1.165, 1.54) is 6.92 Å². The normalized spacial score (nSPS) is 31.7. The molecule has 0 aromatic carbocycles. The van der Waals surface area contributed by atoms with Gasteiger partial charge in [0.1, 0.15) is 30.9 Å². The van der Waals surface area contributed by atoms with Crippen molar-refractivity contribution in [2.75, 3.05) is 33.0 Å². The fraction of sp³-hybridized carbons (Fsp3) is 0.917. The minimum absolute atomic E-state index is 0.0337. The van der Waals surface area contributed by atoms with Crippen molar-refractivity contribution in [1.82, 2.24) is 5.32 Å². The molecule has 1 heterocycles. The van der Waals surface area contributed by atoms with Gasteiger partial charge in [0.15, 0.2) is 6.29 Å². The highest BCUT2D eigenvalue weighted by Gasteiger charge is 2.45. The van der Waals surface area contributed by atoms with Crippen LogP contribution in [0.3, 0.4) is 0 Å². The number of rotatable bonds is 9. The topological polar surface area (TPSA) is 147 Å². The van der Waals surface area contributed by atoms with E-state index in [9.17, 15) is 19.9 Å². The van der Waals surface area contributed by atoms with Gasteiger partial charge in [-0.2, -0.15) is 4.91 Å². The zero-order chi connectivity index (χ0) is 16.5. The van der Waals surface area contributed by atoms with Gasteiger partial charge in [0.2, 0.25) is 5.91 Å². The van der Waals surface area contributed by atoms with Gasteiger partial charge >= 0.3 is 0 Å². The number of hydrogen-bond donors (Lipinski definition) is 4. The summed E-state index contributed by atoms with van der Waals surface area (Å²) >= 11 is 0. The van der Waals surface area contributed by atoms with Gasteiger partial charge < -0.3 is 34.8 Å². The molecule has 1 aliphatic heterocycles. The van der Waals surface area contributed by atoms with E-state index >= 15 is 0 Å². The number of nitrogens with zero attached hydrogens (tertiary/aromatic N) is 1. The summed E-state index contributed by atoms with van der Waals surface area (Å²) in [5.74, 6) is -0.427. The number of nitroso groups, excluding NO2 is 1. The summed E-state index contributed by atoms with van der Waals surface area (Å²) in [5.41, 5.74) is 0. The Hall–Kier alpha value is -1.17. The Morgan fingerprint density at radius 1 is 1.27 bits per heavy atom. The molecule has 22 heavy (non-hydrogen) atoms. The van der Waals surface area contributed by atoms with E-state index in [1.807, 2.05) is 0 Å². The maximum absolute atomic E-state index is 11.2. The Balaban J connectivity index is 2.53. The number of ether oxygens (including phenoxy) is 3. The molecule has 0 bridgehead atoms. The number of nitrogens with one attached hydrogen (secondary N) is 1. The summed E-state index contributed by atoms with van der Waals surface area (Å²) in [4.78, 5) is 21.0. The van der Waals surface area contributed by atoms with Gasteiger partial charge in [-0.25, -0.2) is 0 Å². The molecule has 0 aromatic heterocycles. The molecular formula is C12H22N2O8. The van der Waals surface area contributed by atoms with Crippen LogP contribution in [0, 0.1) is 4.91 Å². The lowest BCUT2D eigenvalue weighted by molar-refractivity contribution is -0.272. The van der Waals surface area contributed by atoms with Gasteiger partial charge in [-0.3, -0.25) is 4.79 Å². The van der Waals surface area contributed by atoms with Gasteiger partial charge in [-0.15, -0.1) is 0 Å². The fourth-order valence-corrected chi connectivity index (χ4v) is 2.04. The Bertz CT molecular complexity index is 356. The predicted octanol–water partition coefficient (Wildman–Crippen LogP) is -2.27. The summed E-state index contributed by atoms with van der Waals surface area (Å²) in [6.07, 6.45) is -4.77. The van der Waals surface area contributed by atoms with Gasteiger partial charge in [-0.05, 0) is 0 Å². The van der Waals surface area contributed by atoms with Gasteiger partial charge in [-0.1, -0.05) is 5.18 Å². The van der Waals surface area contributed by atoms with E-state index in [0.717, 1.165) is 0 Å². The van der Waals surface area contributed by atoms with Crippen molar-refractivity contribution in [1.29, 1.82) is 0 Å². The van der Waals surface area contributed by atoms with Crippen LogP contribution in [-0.4, -0.2) is 84.8 Å². The number of aliphatic hydroxyl groups excluding tert-OH is 3. The minimum atomic E-state index is -1.35. The van der Waals surface area contributed by atoms with E-state index in [4.69, 9.17) is 19.3 Å². The van der Waals surface area contributed by atoms with Crippen LogP contribution < -0.4 is 5.32 Å². The number of aliphatic hydroxyl groups is 3. The quantitative estimate of drug-likeness (QED) is 0.274. The second kappa shape index (κ2) is 9.77. The van der Waals surface area contributed by atoms with Gasteiger partial charge in [0.05, 0.1) is 26.4 Å². The van der Waals surface area contributed by atoms with Crippen molar-refractivity contribution in [3.63, 3.8) is 0 Å². The molecule has 0 aliphatic carbocycles. The van der Waals surface area contributed by atoms with Crippen molar-refractivity contribution >= 4 is 5.91 Å². The molecule has 10 heteroatoms. The third-order valence-electron chi connectivity index (χ3n) is 3.09. The number of carbonyl (C=O) groups is 1. The first-order chi connectivity index (χ1) is 10.5. The van der Waals surface area contributed by atoms with Crippen LogP contribution in [0.1, 0.15) is 6.92 Å². The average Bonchev–Trinajstić information content (AvgIpc) is 2.49. The van der Waals surface area contributed by atoms with Crippen LogP contribution in [0.4, 0.5) is 0 Å². The minimum Gasteiger partial charge on any atom is -0.394 e. The zero-order valence-corrected chi connectivity index (χ0v) is 12.3. The molecule has 0 saturated carbocycles.